The van der Waals surface area contributed by atoms with Crippen LogP contribution in [0.4, 0.5) is 11.4 Å². The Morgan fingerprint density at radius 1 is 0.909 bits per heavy atom. The quantitative estimate of drug-likeness (QED) is 0.331. The second-order valence-electron chi connectivity index (χ2n) is 7.29. The molecule has 2 aromatic carbocycles. The van der Waals surface area contributed by atoms with Crippen molar-refractivity contribution >= 4 is 51.1 Å². The summed E-state index contributed by atoms with van der Waals surface area (Å²) in [6.45, 7) is 3.78. The molecule has 0 saturated heterocycles. The third-order valence-corrected chi connectivity index (χ3v) is 5.36. The van der Waals surface area contributed by atoms with Crippen molar-refractivity contribution in [3.63, 3.8) is 0 Å². The van der Waals surface area contributed by atoms with Crippen molar-refractivity contribution in [1.82, 2.24) is 0 Å². The number of carbonyl (C=O) groups is 4. The SMILES string of the molecule is CCCCOC(=O)c1cccc(NC(=O)CCC(=O)OCC(=O)Nc2ccc(Br)c(C)c2)c1. The van der Waals surface area contributed by atoms with E-state index in [-0.39, 0.29) is 12.8 Å². The first-order valence-electron chi connectivity index (χ1n) is 10.6. The summed E-state index contributed by atoms with van der Waals surface area (Å²) in [4.78, 5) is 48.0. The number of hydrogen-bond acceptors (Lipinski definition) is 6. The predicted octanol–water partition coefficient (Wildman–Crippen LogP) is 4.62. The fourth-order valence-corrected chi connectivity index (χ4v) is 2.94. The highest BCUT2D eigenvalue weighted by Crippen LogP contribution is 2.20. The summed E-state index contributed by atoms with van der Waals surface area (Å²) in [5.41, 5.74) is 2.29. The van der Waals surface area contributed by atoms with E-state index in [9.17, 15) is 19.2 Å². The predicted molar refractivity (Wildman–Crippen MR) is 128 cm³/mol. The van der Waals surface area contributed by atoms with Crippen LogP contribution in [0.1, 0.15) is 48.5 Å². The number of rotatable bonds is 11. The number of esters is 2. The molecule has 0 aliphatic heterocycles. The highest BCUT2D eigenvalue weighted by molar-refractivity contribution is 9.10. The molecule has 0 radical (unpaired) electrons. The van der Waals surface area contributed by atoms with E-state index >= 15 is 0 Å². The fraction of sp³-hybridized carbons (Fsp3) is 0.333. The molecule has 176 valence electrons. The van der Waals surface area contributed by atoms with E-state index in [4.69, 9.17) is 9.47 Å². The molecule has 2 N–H and O–H groups in total. The Bertz CT molecular complexity index is 1010. The smallest absolute Gasteiger partial charge is 0.338 e. The van der Waals surface area contributed by atoms with E-state index in [1.54, 1.807) is 36.4 Å². The van der Waals surface area contributed by atoms with Crippen LogP contribution in [0.3, 0.4) is 0 Å². The Morgan fingerprint density at radius 3 is 2.36 bits per heavy atom. The highest BCUT2D eigenvalue weighted by atomic mass is 79.9. The fourth-order valence-electron chi connectivity index (χ4n) is 2.69. The Balaban J connectivity index is 1.72. The van der Waals surface area contributed by atoms with E-state index < -0.39 is 30.4 Å². The number of amides is 2. The molecule has 0 atom stereocenters. The standard InChI is InChI=1S/C24H27BrN2O6/c1-3-4-12-32-24(31)17-6-5-7-18(14-17)26-21(28)10-11-23(30)33-15-22(29)27-19-8-9-20(25)16(2)13-19/h5-9,13-14H,3-4,10-12,15H2,1-2H3,(H,26,28)(H,27,29). The Labute approximate surface area is 201 Å². The molecular weight excluding hydrogens is 492 g/mol. The number of benzene rings is 2. The van der Waals surface area contributed by atoms with Crippen molar-refractivity contribution in [3.8, 4) is 0 Å². The lowest BCUT2D eigenvalue weighted by molar-refractivity contribution is -0.147. The van der Waals surface area contributed by atoms with Gasteiger partial charge >= 0.3 is 11.9 Å². The molecule has 0 aliphatic carbocycles. The number of hydrogen-bond donors (Lipinski definition) is 2. The Morgan fingerprint density at radius 2 is 1.64 bits per heavy atom. The molecule has 0 unspecified atom stereocenters. The number of aryl methyl sites for hydroxylation is 1. The van der Waals surface area contributed by atoms with E-state index in [0.717, 1.165) is 22.9 Å². The van der Waals surface area contributed by atoms with Gasteiger partial charge in [-0.3, -0.25) is 14.4 Å². The van der Waals surface area contributed by atoms with Gasteiger partial charge in [0.25, 0.3) is 5.91 Å². The summed E-state index contributed by atoms with van der Waals surface area (Å²) >= 11 is 3.38. The second kappa shape index (κ2) is 13.4. The summed E-state index contributed by atoms with van der Waals surface area (Å²) in [6.07, 6.45) is 1.39. The maximum atomic E-state index is 12.1. The van der Waals surface area contributed by atoms with Crippen molar-refractivity contribution in [2.45, 2.75) is 39.5 Å². The van der Waals surface area contributed by atoms with Crippen molar-refractivity contribution in [3.05, 3.63) is 58.1 Å². The summed E-state index contributed by atoms with van der Waals surface area (Å²) in [5.74, 6) is -2.02. The lowest BCUT2D eigenvalue weighted by atomic mass is 10.2. The largest absolute Gasteiger partial charge is 0.462 e. The van der Waals surface area contributed by atoms with Gasteiger partial charge in [-0.15, -0.1) is 0 Å². The van der Waals surface area contributed by atoms with E-state index in [1.807, 2.05) is 13.8 Å². The maximum absolute atomic E-state index is 12.1. The van der Waals surface area contributed by atoms with Gasteiger partial charge in [0.1, 0.15) is 0 Å². The van der Waals surface area contributed by atoms with Crippen LogP contribution in [0.2, 0.25) is 0 Å². The van der Waals surface area contributed by atoms with Crippen LogP contribution in [0.25, 0.3) is 0 Å². The van der Waals surface area contributed by atoms with Crippen molar-refractivity contribution in [2.24, 2.45) is 0 Å². The van der Waals surface area contributed by atoms with Crippen LogP contribution >= 0.6 is 15.9 Å². The van der Waals surface area contributed by atoms with Crippen molar-refractivity contribution < 1.29 is 28.7 Å². The first-order valence-corrected chi connectivity index (χ1v) is 11.4. The van der Waals surface area contributed by atoms with E-state index in [0.29, 0.717) is 23.5 Å². The Kier molecular flexibility index (Phi) is 10.6. The third kappa shape index (κ3) is 9.44. The molecule has 2 amide bonds. The van der Waals surface area contributed by atoms with Gasteiger partial charge in [0.15, 0.2) is 6.61 Å². The normalized spacial score (nSPS) is 10.3. The molecule has 0 saturated carbocycles. The number of carbonyl (C=O) groups excluding carboxylic acids is 4. The minimum Gasteiger partial charge on any atom is -0.462 e. The van der Waals surface area contributed by atoms with Gasteiger partial charge < -0.3 is 20.1 Å². The zero-order valence-electron chi connectivity index (χ0n) is 18.6. The van der Waals surface area contributed by atoms with Crippen LogP contribution < -0.4 is 10.6 Å². The number of anilines is 2. The van der Waals surface area contributed by atoms with Gasteiger partial charge in [0.05, 0.1) is 18.6 Å². The molecule has 9 heteroatoms. The first-order chi connectivity index (χ1) is 15.8. The number of unbranched alkanes of at least 4 members (excludes halogenated alkanes) is 1. The number of nitrogens with one attached hydrogen (secondary N) is 2. The molecule has 0 fully saturated rings. The van der Waals surface area contributed by atoms with Crippen molar-refractivity contribution in [2.75, 3.05) is 23.8 Å². The van der Waals surface area contributed by atoms with E-state index in [2.05, 4.69) is 26.6 Å². The second-order valence-corrected chi connectivity index (χ2v) is 8.15. The molecular formula is C24H27BrN2O6. The van der Waals surface area contributed by atoms with Gasteiger partial charge in [-0.1, -0.05) is 35.3 Å². The van der Waals surface area contributed by atoms with Crippen LogP contribution in [0, 0.1) is 6.92 Å². The van der Waals surface area contributed by atoms with Gasteiger partial charge in [-0.05, 0) is 55.3 Å². The third-order valence-electron chi connectivity index (χ3n) is 4.48. The Hall–Kier alpha value is -3.20. The van der Waals surface area contributed by atoms with Crippen LogP contribution in [-0.4, -0.2) is 37.0 Å². The van der Waals surface area contributed by atoms with Crippen LogP contribution in [-0.2, 0) is 23.9 Å². The molecule has 8 nitrogen and oxygen atoms in total. The topological polar surface area (TPSA) is 111 Å². The van der Waals surface area contributed by atoms with Crippen LogP contribution in [0.15, 0.2) is 46.9 Å². The van der Waals surface area contributed by atoms with Gasteiger partial charge in [-0.2, -0.15) is 0 Å². The number of halogens is 1. The summed E-state index contributed by atoms with van der Waals surface area (Å²) in [7, 11) is 0. The average molecular weight is 519 g/mol. The summed E-state index contributed by atoms with van der Waals surface area (Å²) in [6, 6.07) is 11.7. The van der Waals surface area contributed by atoms with Gasteiger partial charge in [0, 0.05) is 22.3 Å². The molecule has 2 aromatic rings. The first kappa shape index (κ1) is 26.1. The lowest BCUT2D eigenvalue weighted by Crippen LogP contribution is -2.21. The molecule has 0 aliphatic rings. The summed E-state index contributed by atoms with van der Waals surface area (Å²) in [5, 5.41) is 5.27. The van der Waals surface area contributed by atoms with Crippen molar-refractivity contribution in [1.29, 1.82) is 0 Å². The zero-order valence-corrected chi connectivity index (χ0v) is 20.2. The average Bonchev–Trinajstić information content (AvgIpc) is 2.79. The summed E-state index contributed by atoms with van der Waals surface area (Å²) < 4.78 is 11.0. The molecule has 0 aromatic heterocycles. The maximum Gasteiger partial charge on any atom is 0.338 e. The molecule has 0 heterocycles. The lowest BCUT2D eigenvalue weighted by Gasteiger charge is -2.09. The number of ether oxygens (including phenoxy) is 2. The molecule has 0 spiro atoms. The van der Waals surface area contributed by atoms with Crippen LogP contribution in [0.5, 0.6) is 0 Å². The molecule has 33 heavy (non-hydrogen) atoms. The molecule has 2 rings (SSSR count). The minimum absolute atomic E-state index is 0.127. The monoisotopic (exact) mass is 518 g/mol. The molecule has 0 bridgehead atoms. The van der Waals surface area contributed by atoms with Gasteiger partial charge in [-0.25, -0.2) is 4.79 Å². The van der Waals surface area contributed by atoms with E-state index in [1.165, 1.54) is 6.07 Å². The highest BCUT2D eigenvalue weighted by Gasteiger charge is 2.13. The van der Waals surface area contributed by atoms with Gasteiger partial charge in [0.2, 0.25) is 5.91 Å². The minimum atomic E-state index is -0.666. The zero-order chi connectivity index (χ0) is 24.2.